The van der Waals surface area contributed by atoms with E-state index < -0.39 is 13.9 Å². The van der Waals surface area contributed by atoms with Crippen molar-refractivity contribution in [1.29, 1.82) is 0 Å². The highest BCUT2D eigenvalue weighted by Gasteiger charge is 2.18. The number of ether oxygens (including phenoxy) is 1. The van der Waals surface area contributed by atoms with Gasteiger partial charge in [-0.1, -0.05) is 0 Å². The fourth-order valence-corrected chi connectivity index (χ4v) is 3.10. The summed E-state index contributed by atoms with van der Waals surface area (Å²) in [5.41, 5.74) is 1.58. The molecule has 0 saturated carbocycles. The van der Waals surface area contributed by atoms with Gasteiger partial charge in [0.1, 0.15) is 11.9 Å². The molecule has 3 aromatic rings. The smallest absolute Gasteiger partial charge is 0.350 e. The standard InChI is InChI=1S/C14H21N6O4P/c1-3-18(4-2)12-11-13(20-6-5-15-14(20)17-12)19(9-16-11)7-8-24-10-25(21,22)23/h5-6,9H,3-4,7-8,10H2,1-2H3,(H2,21,22,23). The average molecular weight is 368 g/mol. The van der Waals surface area contributed by atoms with Crippen LogP contribution < -0.4 is 4.90 Å². The van der Waals surface area contributed by atoms with Gasteiger partial charge in [0.05, 0.1) is 12.9 Å². The molecule has 3 heterocycles. The Kier molecular flexibility index (Phi) is 5.05. The van der Waals surface area contributed by atoms with Gasteiger partial charge in [-0.3, -0.25) is 8.97 Å². The molecule has 0 atom stereocenters. The van der Waals surface area contributed by atoms with Crippen LogP contribution in [0.5, 0.6) is 0 Å². The largest absolute Gasteiger partial charge is 0.367 e. The molecule has 0 saturated heterocycles. The third-order valence-electron chi connectivity index (χ3n) is 3.88. The first-order valence-electron chi connectivity index (χ1n) is 7.99. The number of anilines is 1. The van der Waals surface area contributed by atoms with E-state index in [2.05, 4.69) is 33.7 Å². The topological polar surface area (TPSA) is 118 Å². The molecule has 3 aromatic heterocycles. The molecule has 0 radical (unpaired) electrons. The van der Waals surface area contributed by atoms with Crippen LogP contribution in [0.15, 0.2) is 18.7 Å². The number of nitrogens with zero attached hydrogens (tertiary/aromatic N) is 6. The minimum atomic E-state index is -4.16. The van der Waals surface area contributed by atoms with Gasteiger partial charge >= 0.3 is 7.60 Å². The molecular formula is C14H21N6O4P. The number of rotatable bonds is 8. The van der Waals surface area contributed by atoms with Crippen LogP contribution in [0.25, 0.3) is 16.9 Å². The van der Waals surface area contributed by atoms with E-state index in [1.807, 2.05) is 15.2 Å². The molecule has 3 rings (SSSR count). The second-order valence-electron chi connectivity index (χ2n) is 5.52. The van der Waals surface area contributed by atoms with Crippen molar-refractivity contribution in [3.63, 3.8) is 0 Å². The first kappa shape index (κ1) is 17.8. The lowest BCUT2D eigenvalue weighted by molar-refractivity contribution is 0.149. The fraction of sp³-hybridized carbons (Fsp3) is 0.500. The zero-order chi connectivity index (χ0) is 18.0. The molecular weight excluding hydrogens is 347 g/mol. The first-order valence-corrected chi connectivity index (χ1v) is 9.79. The molecule has 11 heteroatoms. The zero-order valence-electron chi connectivity index (χ0n) is 14.1. The van der Waals surface area contributed by atoms with Gasteiger partial charge in [-0.2, -0.15) is 4.98 Å². The third kappa shape index (κ3) is 3.67. The van der Waals surface area contributed by atoms with Gasteiger partial charge in [0, 0.05) is 32.0 Å². The van der Waals surface area contributed by atoms with Gasteiger partial charge in [-0.15, -0.1) is 0 Å². The van der Waals surface area contributed by atoms with Crippen molar-refractivity contribution in [3.05, 3.63) is 18.7 Å². The molecule has 10 nitrogen and oxygen atoms in total. The summed E-state index contributed by atoms with van der Waals surface area (Å²) in [4.78, 5) is 33.2. The summed E-state index contributed by atoms with van der Waals surface area (Å²) >= 11 is 0. The highest BCUT2D eigenvalue weighted by atomic mass is 31.2. The SMILES string of the molecule is CCN(CC)c1nc2nccn2c2c1ncn2CCOCP(=O)(O)O. The number of imidazole rings is 2. The number of hydrogen-bond acceptors (Lipinski definition) is 6. The lowest BCUT2D eigenvalue weighted by atomic mass is 10.4. The average Bonchev–Trinajstić information content (AvgIpc) is 3.18. The Balaban J connectivity index is 1.96. The van der Waals surface area contributed by atoms with Crippen LogP contribution >= 0.6 is 7.60 Å². The molecule has 0 unspecified atom stereocenters. The molecule has 25 heavy (non-hydrogen) atoms. The maximum absolute atomic E-state index is 10.9. The quantitative estimate of drug-likeness (QED) is 0.448. The van der Waals surface area contributed by atoms with Gasteiger partial charge in [-0.05, 0) is 13.8 Å². The van der Waals surface area contributed by atoms with Crippen molar-refractivity contribution in [1.82, 2.24) is 23.9 Å². The van der Waals surface area contributed by atoms with E-state index in [1.165, 1.54) is 0 Å². The monoisotopic (exact) mass is 368 g/mol. The molecule has 0 bridgehead atoms. The maximum Gasteiger partial charge on any atom is 0.350 e. The van der Waals surface area contributed by atoms with Crippen LogP contribution in [0.2, 0.25) is 0 Å². The van der Waals surface area contributed by atoms with Gasteiger partial charge in [0.15, 0.2) is 11.5 Å². The Hall–Kier alpha value is -2.00. The highest BCUT2D eigenvalue weighted by molar-refractivity contribution is 7.51. The summed E-state index contributed by atoms with van der Waals surface area (Å²) in [5, 5.41) is 0. The molecule has 0 spiro atoms. The lowest BCUT2D eigenvalue weighted by Crippen LogP contribution is -2.24. The second-order valence-corrected chi connectivity index (χ2v) is 7.10. The Labute approximate surface area is 144 Å². The molecule has 0 aliphatic rings. The lowest BCUT2D eigenvalue weighted by Gasteiger charge is -2.20. The van der Waals surface area contributed by atoms with Crippen molar-refractivity contribution < 1.29 is 19.1 Å². The molecule has 2 N–H and O–H groups in total. The van der Waals surface area contributed by atoms with Crippen LogP contribution in [0.3, 0.4) is 0 Å². The van der Waals surface area contributed by atoms with Gasteiger partial charge in [-0.25, -0.2) is 9.97 Å². The number of hydrogen-bond donors (Lipinski definition) is 2. The van der Waals surface area contributed by atoms with E-state index in [1.54, 1.807) is 12.5 Å². The first-order chi connectivity index (χ1) is 11.9. The number of aromatic nitrogens is 5. The van der Waals surface area contributed by atoms with Crippen LogP contribution in [0.4, 0.5) is 5.82 Å². The Morgan fingerprint density at radius 3 is 2.72 bits per heavy atom. The van der Waals surface area contributed by atoms with Gasteiger partial charge < -0.3 is 24.0 Å². The molecule has 0 amide bonds. The van der Waals surface area contributed by atoms with E-state index >= 15 is 0 Å². The summed E-state index contributed by atoms with van der Waals surface area (Å²) in [7, 11) is -4.16. The van der Waals surface area contributed by atoms with E-state index in [0.29, 0.717) is 12.3 Å². The summed E-state index contributed by atoms with van der Waals surface area (Å²) in [6.45, 7) is 6.28. The number of fused-ring (bicyclic) bond motifs is 3. The van der Waals surface area contributed by atoms with E-state index in [0.717, 1.165) is 30.1 Å². The van der Waals surface area contributed by atoms with Crippen molar-refractivity contribution in [2.45, 2.75) is 20.4 Å². The molecule has 0 aliphatic carbocycles. The zero-order valence-corrected chi connectivity index (χ0v) is 15.0. The highest BCUT2D eigenvalue weighted by Crippen LogP contribution is 2.33. The second kappa shape index (κ2) is 7.09. The van der Waals surface area contributed by atoms with Gasteiger partial charge in [0.25, 0.3) is 0 Å². The molecule has 0 aliphatic heterocycles. The van der Waals surface area contributed by atoms with E-state index in [4.69, 9.17) is 14.5 Å². The normalized spacial score (nSPS) is 12.3. The van der Waals surface area contributed by atoms with Gasteiger partial charge in [0.2, 0.25) is 5.78 Å². The van der Waals surface area contributed by atoms with E-state index in [9.17, 15) is 4.57 Å². The predicted octanol–water partition coefficient (Wildman–Crippen LogP) is 1.08. The minimum Gasteiger partial charge on any atom is -0.367 e. The van der Waals surface area contributed by atoms with E-state index in [-0.39, 0.29) is 6.61 Å². The van der Waals surface area contributed by atoms with Crippen molar-refractivity contribution in [3.8, 4) is 0 Å². The Morgan fingerprint density at radius 2 is 2.04 bits per heavy atom. The third-order valence-corrected chi connectivity index (χ3v) is 4.40. The summed E-state index contributed by atoms with van der Waals surface area (Å²) in [6.07, 6.45) is 4.58. The maximum atomic E-state index is 10.9. The predicted molar refractivity (Wildman–Crippen MR) is 92.7 cm³/mol. The van der Waals surface area contributed by atoms with Crippen LogP contribution in [-0.2, 0) is 15.8 Å². The molecule has 0 fully saturated rings. The van der Waals surface area contributed by atoms with Crippen molar-refractivity contribution in [2.75, 3.05) is 30.9 Å². The summed E-state index contributed by atoms with van der Waals surface area (Å²) in [5.74, 6) is 1.35. The van der Waals surface area contributed by atoms with Crippen molar-refractivity contribution >= 4 is 30.4 Å². The van der Waals surface area contributed by atoms with Crippen LogP contribution in [0, 0.1) is 0 Å². The van der Waals surface area contributed by atoms with Crippen LogP contribution in [-0.4, -0.2) is 59.8 Å². The summed E-state index contributed by atoms with van der Waals surface area (Å²) < 4.78 is 19.6. The molecule has 0 aromatic carbocycles. The van der Waals surface area contributed by atoms with Crippen LogP contribution in [0.1, 0.15) is 13.8 Å². The minimum absolute atomic E-state index is 0.162. The fourth-order valence-electron chi connectivity index (χ4n) is 2.73. The van der Waals surface area contributed by atoms with Crippen molar-refractivity contribution in [2.24, 2.45) is 0 Å². The molecule has 136 valence electrons. The Bertz CT molecular complexity index is 913. The Morgan fingerprint density at radius 1 is 1.28 bits per heavy atom. The summed E-state index contributed by atoms with van der Waals surface area (Å²) in [6, 6.07) is 0.